The van der Waals surface area contributed by atoms with Gasteiger partial charge in [-0.05, 0) is 48.3 Å². The molecule has 122 valence electrons. The van der Waals surface area contributed by atoms with Crippen molar-refractivity contribution in [1.29, 1.82) is 0 Å². The van der Waals surface area contributed by atoms with Gasteiger partial charge in [0, 0.05) is 5.69 Å². The standard InChI is InChI=1S/C19H23NO3/c1-3-11(2)12-6-8-15(9-7-12)20-18(21)16-13-4-5-14(10-13)17(16)19(22)23/h4-9,11,13-14,16-17H,3,10H2,1-2H3,(H,20,21)(H,22,23)/t11-,13-,14-,16-,17+/m0/s1. The van der Waals surface area contributed by atoms with E-state index in [1.165, 1.54) is 5.56 Å². The molecule has 0 heterocycles. The smallest absolute Gasteiger partial charge is 0.307 e. The van der Waals surface area contributed by atoms with Crippen LogP contribution in [0.15, 0.2) is 36.4 Å². The van der Waals surface area contributed by atoms with Crippen molar-refractivity contribution in [2.45, 2.75) is 32.6 Å². The van der Waals surface area contributed by atoms with Crippen LogP contribution in [0.2, 0.25) is 0 Å². The van der Waals surface area contributed by atoms with Crippen LogP contribution in [0.5, 0.6) is 0 Å². The summed E-state index contributed by atoms with van der Waals surface area (Å²) in [6, 6.07) is 7.86. The highest BCUT2D eigenvalue weighted by molar-refractivity contribution is 5.96. The summed E-state index contributed by atoms with van der Waals surface area (Å²) in [5.41, 5.74) is 1.98. The summed E-state index contributed by atoms with van der Waals surface area (Å²) in [5.74, 6) is -1.55. The molecule has 0 aromatic heterocycles. The lowest BCUT2D eigenvalue weighted by Gasteiger charge is -2.24. The summed E-state index contributed by atoms with van der Waals surface area (Å²) < 4.78 is 0. The first kappa shape index (κ1) is 15.8. The maximum atomic E-state index is 12.6. The zero-order valence-electron chi connectivity index (χ0n) is 13.5. The van der Waals surface area contributed by atoms with Crippen LogP contribution in [0.1, 0.15) is 38.2 Å². The average molecular weight is 313 g/mol. The van der Waals surface area contributed by atoms with E-state index in [9.17, 15) is 14.7 Å². The van der Waals surface area contributed by atoms with Gasteiger partial charge in [-0.1, -0.05) is 38.1 Å². The van der Waals surface area contributed by atoms with Crippen LogP contribution >= 0.6 is 0 Å². The van der Waals surface area contributed by atoms with Gasteiger partial charge in [0.2, 0.25) is 5.91 Å². The Labute approximate surface area is 136 Å². The van der Waals surface area contributed by atoms with Gasteiger partial charge in [0.25, 0.3) is 0 Å². The molecule has 1 saturated carbocycles. The molecule has 1 fully saturated rings. The topological polar surface area (TPSA) is 66.4 Å². The van der Waals surface area contributed by atoms with Crippen molar-refractivity contribution < 1.29 is 14.7 Å². The number of hydrogen-bond donors (Lipinski definition) is 2. The van der Waals surface area contributed by atoms with E-state index in [2.05, 4.69) is 19.2 Å². The molecule has 23 heavy (non-hydrogen) atoms. The average Bonchev–Trinajstić information content (AvgIpc) is 3.15. The van der Waals surface area contributed by atoms with Crippen molar-refractivity contribution in [3.05, 3.63) is 42.0 Å². The number of rotatable bonds is 5. The zero-order chi connectivity index (χ0) is 16.6. The Morgan fingerprint density at radius 2 is 1.78 bits per heavy atom. The van der Waals surface area contributed by atoms with Crippen LogP contribution in [0.4, 0.5) is 5.69 Å². The van der Waals surface area contributed by atoms with Gasteiger partial charge in [-0.2, -0.15) is 0 Å². The number of carbonyl (C=O) groups excluding carboxylic acids is 1. The van der Waals surface area contributed by atoms with Crippen molar-refractivity contribution >= 4 is 17.6 Å². The third kappa shape index (κ3) is 2.90. The summed E-state index contributed by atoms with van der Waals surface area (Å²) in [4.78, 5) is 24.1. The molecule has 0 unspecified atom stereocenters. The number of carboxylic acids is 1. The quantitative estimate of drug-likeness (QED) is 0.815. The molecule has 1 aromatic carbocycles. The molecule has 0 spiro atoms. The van der Waals surface area contributed by atoms with E-state index in [1.54, 1.807) is 0 Å². The largest absolute Gasteiger partial charge is 0.481 e. The minimum atomic E-state index is -0.867. The third-order valence-electron chi connectivity index (χ3n) is 5.41. The van der Waals surface area contributed by atoms with E-state index in [0.717, 1.165) is 18.5 Å². The van der Waals surface area contributed by atoms with Crippen LogP contribution in [-0.4, -0.2) is 17.0 Å². The van der Waals surface area contributed by atoms with Gasteiger partial charge in [0.05, 0.1) is 11.8 Å². The predicted octanol–water partition coefficient (Wildman–Crippen LogP) is 3.66. The second-order valence-electron chi connectivity index (χ2n) is 6.76. The summed E-state index contributed by atoms with van der Waals surface area (Å²) in [5, 5.41) is 12.3. The number of nitrogens with one attached hydrogen (secondary N) is 1. The number of carbonyl (C=O) groups is 2. The van der Waals surface area contributed by atoms with E-state index in [1.807, 2.05) is 36.4 Å². The first-order valence-electron chi connectivity index (χ1n) is 8.33. The SMILES string of the molecule is CC[C@H](C)c1ccc(NC(=O)[C@@H]2[C@H](C(=O)O)[C@H]3C=C[C@H]2C3)cc1. The maximum absolute atomic E-state index is 12.6. The minimum absolute atomic E-state index is 0.000954. The third-order valence-corrected chi connectivity index (χ3v) is 5.41. The molecule has 3 rings (SSSR count). The Kier molecular flexibility index (Phi) is 4.24. The van der Waals surface area contributed by atoms with Crippen LogP contribution < -0.4 is 5.32 Å². The van der Waals surface area contributed by atoms with Crippen LogP contribution in [0.25, 0.3) is 0 Å². The lowest BCUT2D eigenvalue weighted by atomic mass is 9.82. The number of carboxylic acid groups (broad SMARTS) is 1. The van der Waals surface area contributed by atoms with Crippen molar-refractivity contribution in [3.63, 3.8) is 0 Å². The van der Waals surface area contributed by atoms with E-state index in [4.69, 9.17) is 0 Å². The monoisotopic (exact) mass is 313 g/mol. The summed E-state index contributed by atoms with van der Waals surface area (Å²) >= 11 is 0. The highest BCUT2D eigenvalue weighted by atomic mass is 16.4. The highest BCUT2D eigenvalue weighted by Crippen LogP contribution is 2.48. The molecule has 1 amide bonds. The van der Waals surface area contributed by atoms with E-state index in [0.29, 0.717) is 5.92 Å². The van der Waals surface area contributed by atoms with Gasteiger partial charge in [-0.3, -0.25) is 9.59 Å². The maximum Gasteiger partial charge on any atom is 0.307 e. The molecule has 0 radical (unpaired) electrons. The molecular formula is C19H23NO3. The van der Waals surface area contributed by atoms with Crippen LogP contribution in [0.3, 0.4) is 0 Å². The second-order valence-corrected chi connectivity index (χ2v) is 6.76. The number of anilines is 1. The number of aliphatic carboxylic acids is 1. The summed E-state index contributed by atoms with van der Waals surface area (Å²) in [6.45, 7) is 4.32. The Balaban J connectivity index is 1.72. The molecule has 5 atom stereocenters. The van der Waals surface area contributed by atoms with E-state index < -0.39 is 17.8 Å². The Hall–Kier alpha value is -2.10. The molecule has 2 N–H and O–H groups in total. The lowest BCUT2D eigenvalue weighted by Crippen LogP contribution is -2.36. The minimum Gasteiger partial charge on any atom is -0.481 e. The van der Waals surface area contributed by atoms with Crippen molar-refractivity contribution in [2.24, 2.45) is 23.7 Å². The molecule has 0 aliphatic heterocycles. The first-order chi connectivity index (χ1) is 11.0. The molecule has 2 bridgehead atoms. The Bertz CT molecular complexity index is 635. The fraction of sp³-hybridized carbons (Fsp3) is 0.474. The normalized spacial score (nSPS) is 29.5. The number of fused-ring (bicyclic) bond motifs is 2. The van der Waals surface area contributed by atoms with Crippen LogP contribution in [0, 0.1) is 23.7 Å². The van der Waals surface area contributed by atoms with Crippen LogP contribution in [-0.2, 0) is 9.59 Å². The summed E-state index contributed by atoms with van der Waals surface area (Å²) in [6.07, 6.45) is 5.81. The first-order valence-corrected chi connectivity index (χ1v) is 8.33. The van der Waals surface area contributed by atoms with E-state index >= 15 is 0 Å². The molecule has 2 aliphatic carbocycles. The Morgan fingerprint density at radius 1 is 1.17 bits per heavy atom. The van der Waals surface area contributed by atoms with Gasteiger partial charge in [-0.15, -0.1) is 0 Å². The summed E-state index contributed by atoms with van der Waals surface area (Å²) in [7, 11) is 0. The van der Waals surface area contributed by atoms with E-state index in [-0.39, 0.29) is 17.7 Å². The lowest BCUT2D eigenvalue weighted by molar-refractivity contribution is -0.146. The molecule has 4 heteroatoms. The van der Waals surface area contributed by atoms with Crippen molar-refractivity contribution in [1.82, 2.24) is 0 Å². The number of allylic oxidation sites excluding steroid dienone is 2. The fourth-order valence-corrected chi connectivity index (χ4v) is 3.87. The Morgan fingerprint density at radius 3 is 2.35 bits per heavy atom. The molecule has 2 aliphatic rings. The van der Waals surface area contributed by atoms with Crippen molar-refractivity contribution in [2.75, 3.05) is 5.32 Å². The highest BCUT2D eigenvalue weighted by Gasteiger charge is 2.51. The predicted molar refractivity (Wildman–Crippen MR) is 89.1 cm³/mol. The van der Waals surface area contributed by atoms with Gasteiger partial charge < -0.3 is 10.4 Å². The molecular weight excluding hydrogens is 290 g/mol. The van der Waals surface area contributed by atoms with Gasteiger partial charge in [0.15, 0.2) is 0 Å². The molecule has 0 saturated heterocycles. The number of hydrogen-bond acceptors (Lipinski definition) is 2. The number of amides is 1. The van der Waals surface area contributed by atoms with Gasteiger partial charge in [0.1, 0.15) is 0 Å². The fourth-order valence-electron chi connectivity index (χ4n) is 3.87. The molecule has 4 nitrogen and oxygen atoms in total. The number of benzene rings is 1. The van der Waals surface area contributed by atoms with Gasteiger partial charge in [-0.25, -0.2) is 0 Å². The zero-order valence-corrected chi connectivity index (χ0v) is 13.5. The van der Waals surface area contributed by atoms with Crippen molar-refractivity contribution in [3.8, 4) is 0 Å². The van der Waals surface area contributed by atoms with Gasteiger partial charge >= 0.3 is 5.97 Å². The molecule has 1 aromatic rings. The second kappa shape index (κ2) is 6.19.